The van der Waals surface area contributed by atoms with Gasteiger partial charge in [-0.3, -0.25) is 0 Å². The van der Waals surface area contributed by atoms with Gasteiger partial charge in [-0.2, -0.15) is 0 Å². The maximum absolute atomic E-state index is 11.6. The molecule has 0 bridgehead atoms. The Morgan fingerprint density at radius 1 is 1.42 bits per heavy atom. The standard InChI is InChI=1S/C13H15NO5/c1-18-11(16)13(7-10(13)15)14-12(17)19-8-9-5-3-2-4-6-9/h2-6,10,15H,7-8H2,1H3,(H,14,17)/t10-,13?/m1/s1. The van der Waals surface area contributed by atoms with Gasteiger partial charge in [0.25, 0.3) is 0 Å². The Balaban J connectivity index is 1.86. The second-order valence-corrected chi connectivity index (χ2v) is 4.37. The molecule has 102 valence electrons. The van der Waals surface area contributed by atoms with Crippen LogP contribution in [0.25, 0.3) is 0 Å². The third kappa shape index (κ3) is 2.85. The van der Waals surface area contributed by atoms with Gasteiger partial charge in [0.1, 0.15) is 6.61 Å². The van der Waals surface area contributed by atoms with Gasteiger partial charge in [-0.05, 0) is 5.56 Å². The lowest BCUT2D eigenvalue weighted by molar-refractivity contribution is -0.145. The molecule has 0 heterocycles. The molecule has 1 aliphatic carbocycles. The van der Waals surface area contributed by atoms with Gasteiger partial charge in [0, 0.05) is 6.42 Å². The Labute approximate surface area is 110 Å². The smallest absolute Gasteiger partial charge is 0.408 e. The molecule has 6 nitrogen and oxygen atoms in total. The summed E-state index contributed by atoms with van der Waals surface area (Å²) in [5.74, 6) is -0.670. The number of amides is 1. The number of aliphatic hydroxyl groups excluding tert-OH is 1. The summed E-state index contributed by atoms with van der Waals surface area (Å²) in [6, 6.07) is 9.15. The summed E-state index contributed by atoms with van der Waals surface area (Å²) in [5, 5.41) is 11.8. The molecular formula is C13H15NO5. The van der Waals surface area contributed by atoms with Crippen LogP contribution in [0.2, 0.25) is 0 Å². The molecule has 1 aliphatic rings. The number of aliphatic hydroxyl groups is 1. The van der Waals surface area contributed by atoms with E-state index >= 15 is 0 Å². The second-order valence-electron chi connectivity index (χ2n) is 4.37. The summed E-state index contributed by atoms with van der Waals surface area (Å²) in [7, 11) is 1.20. The van der Waals surface area contributed by atoms with Crippen molar-refractivity contribution in [3.63, 3.8) is 0 Å². The minimum absolute atomic E-state index is 0.0972. The topological polar surface area (TPSA) is 84.9 Å². The number of carbonyl (C=O) groups excluding carboxylic acids is 2. The first kappa shape index (κ1) is 13.4. The monoisotopic (exact) mass is 265 g/mol. The second kappa shape index (κ2) is 5.27. The van der Waals surface area contributed by atoms with E-state index in [1.807, 2.05) is 30.3 Å². The van der Waals surface area contributed by atoms with Crippen LogP contribution in [-0.2, 0) is 20.9 Å². The maximum atomic E-state index is 11.6. The Morgan fingerprint density at radius 2 is 2.05 bits per heavy atom. The number of methoxy groups -OCH3 is 1. The number of nitrogens with one attached hydrogen (secondary N) is 1. The molecule has 0 saturated heterocycles. The number of esters is 1. The van der Waals surface area contributed by atoms with Gasteiger partial charge in [0.15, 0.2) is 5.54 Å². The zero-order valence-electron chi connectivity index (χ0n) is 10.5. The van der Waals surface area contributed by atoms with Crippen molar-refractivity contribution in [1.82, 2.24) is 5.32 Å². The zero-order valence-corrected chi connectivity index (χ0v) is 10.5. The summed E-state index contributed by atoms with van der Waals surface area (Å²) in [4.78, 5) is 23.0. The first-order valence-electron chi connectivity index (χ1n) is 5.84. The highest BCUT2D eigenvalue weighted by Gasteiger charge is 2.62. The first-order valence-corrected chi connectivity index (χ1v) is 5.84. The van der Waals surface area contributed by atoms with E-state index < -0.39 is 23.7 Å². The number of carbonyl (C=O) groups is 2. The fraction of sp³-hybridized carbons (Fsp3) is 0.385. The Kier molecular flexibility index (Phi) is 3.71. The van der Waals surface area contributed by atoms with E-state index in [1.165, 1.54) is 7.11 Å². The van der Waals surface area contributed by atoms with E-state index in [0.29, 0.717) is 0 Å². The van der Waals surface area contributed by atoms with Crippen molar-refractivity contribution >= 4 is 12.1 Å². The van der Waals surface area contributed by atoms with Crippen molar-refractivity contribution in [1.29, 1.82) is 0 Å². The molecule has 2 N–H and O–H groups in total. The molecule has 1 saturated carbocycles. The van der Waals surface area contributed by atoms with Crippen LogP contribution >= 0.6 is 0 Å². The largest absolute Gasteiger partial charge is 0.467 e. The number of hydrogen-bond donors (Lipinski definition) is 2. The van der Waals surface area contributed by atoms with Gasteiger partial charge >= 0.3 is 12.1 Å². The molecule has 1 unspecified atom stereocenters. The molecule has 0 spiro atoms. The summed E-state index contributed by atoms with van der Waals surface area (Å²) >= 11 is 0. The number of rotatable bonds is 4. The normalized spacial score (nSPS) is 24.4. The highest BCUT2D eigenvalue weighted by atomic mass is 16.6. The lowest BCUT2D eigenvalue weighted by Crippen LogP contribution is -2.46. The summed E-state index contributed by atoms with van der Waals surface area (Å²) < 4.78 is 9.52. The minimum Gasteiger partial charge on any atom is -0.467 e. The molecule has 2 rings (SSSR count). The maximum Gasteiger partial charge on any atom is 0.408 e. The minimum atomic E-state index is -1.34. The Hall–Kier alpha value is -2.08. The van der Waals surface area contributed by atoms with Crippen LogP contribution in [0.4, 0.5) is 4.79 Å². The highest BCUT2D eigenvalue weighted by molar-refractivity contribution is 5.90. The SMILES string of the molecule is COC(=O)C1(NC(=O)OCc2ccccc2)C[C@H]1O. The van der Waals surface area contributed by atoms with E-state index in [2.05, 4.69) is 10.1 Å². The number of benzene rings is 1. The molecule has 1 aromatic carbocycles. The third-order valence-electron chi connectivity index (χ3n) is 3.01. The average molecular weight is 265 g/mol. The van der Waals surface area contributed by atoms with Crippen LogP contribution < -0.4 is 5.32 Å². The molecule has 0 radical (unpaired) electrons. The van der Waals surface area contributed by atoms with Crippen LogP contribution in [0.5, 0.6) is 0 Å². The average Bonchev–Trinajstić information content (AvgIpc) is 3.08. The molecule has 1 fully saturated rings. The quantitative estimate of drug-likeness (QED) is 0.778. The van der Waals surface area contributed by atoms with E-state index in [9.17, 15) is 14.7 Å². The van der Waals surface area contributed by atoms with Crippen molar-refractivity contribution in [3.05, 3.63) is 35.9 Å². The predicted octanol–water partition coefficient (Wildman–Crippen LogP) is 0.589. The van der Waals surface area contributed by atoms with Crippen LogP contribution in [-0.4, -0.2) is 35.9 Å². The first-order chi connectivity index (χ1) is 9.08. The number of alkyl carbamates (subject to hydrolysis) is 1. The van der Waals surface area contributed by atoms with Crippen LogP contribution in [0.3, 0.4) is 0 Å². The molecule has 6 heteroatoms. The van der Waals surface area contributed by atoms with Crippen molar-refractivity contribution in [2.24, 2.45) is 0 Å². The third-order valence-corrected chi connectivity index (χ3v) is 3.01. The number of ether oxygens (including phenoxy) is 2. The van der Waals surface area contributed by atoms with Crippen LogP contribution in [0, 0.1) is 0 Å². The predicted molar refractivity (Wildman–Crippen MR) is 65.1 cm³/mol. The molecule has 1 amide bonds. The van der Waals surface area contributed by atoms with E-state index in [1.54, 1.807) is 0 Å². The lowest BCUT2D eigenvalue weighted by Gasteiger charge is -2.15. The lowest BCUT2D eigenvalue weighted by atomic mass is 10.2. The van der Waals surface area contributed by atoms with E-state index in [4.69, 9.17) is 4.74 Å². The van der Waals surface area contributed by atoms with E-state index in [0.717, 1.165) is 5.56 Å². The summed E-state index contributed by atoms with van der Waals surface area (Å²) in [6.07, 6.45) is -1.55. The molecule has 0 aliphatic heterocycles. The highest BCUT2D eigenvalue weighted by Crippen LogP contribution is 2.37. The fourth-order valence-corrected chi connectivity index (χ4v) is 1.77. The van der Waals surface area contributed by atoms with Crippen molar-refractivity contribution in [2.45, 2.75) is 24.7 Å². The fourth-order valence-electron chi connectivity index (χ4n) is 1.77. The summed E-state index contributed by atoms with van der Waals surface area (Å²) in [6.45, 7) is 0.0972. The van der Waals surface area contributed by atoms with Gasteiger partial charge < -0.3 is 19.9 Å². The van der Waals surface area contributed by atoms with Gasteiger partial charge in [-0.15, -0.1) is 0 Å². The van der Waals surface area contributed by atoms with Crippen molar-refractivity contribution in [2.75, 3.05) is 7.11 Å². The van der Waals surface area contributed by atoms with Crippen LogP contribution in [0.1, 0.15) is 12.0 Å². The van der Waals surface area contributed by atoms with E-state index in [-0.39, 0.29) is 13.0 Å². The van der Waals surface area contributed by atoms with Gasteiger partial charge in [0.2, 0.25) is 0 Å². The Bertz CT molecular complexity index is 475. The number of hydrogen-bond acceptors (Lipinski definition) is 5. The van der Waals surface area contributed by atoms with Crippen LogP contribution in [0.15, 0.2) is 30.3 Å². The van der Waals surface area contributed by atoms with Gasteiger partial charge in [0.05, 0.1) is 13.2 Å². The Morgan fingerprint density at radius 3 is 2.58 bits per heavy atom. The van der Waals surface area contributed by atoms with Crippen molar-refractivity contribution in [3.8, 4) is 0 Å². The molecule has 1 aromatic rings. The molecule has 19 heavy (non-hydrogen) atoms. The van der Waals surface area contributed by atoms with Crippen molar-refractivity contribution < 1.29 is 24.2 Å². The summed E-state index contributed by atoms with van der Waals surface area (Å²) in [5.41, 5.74) is -0.510. The zero-order chi connectivity index (χ0) is 13.9. The van der Waals surface area contributed by atoms with Gasteiger partial charge in [-0.25, -0.2) is 9.59 Å². The van der Waals surface area contributed by atoms with Gasteiger partial charge in [-0.1, -0.05) is 30.3 Å². The molecule has 0 aromatic heterocycles. The molecule has 2 atom stereocenters. The molecular weight excluding hydrogens is 250 g/mol.